The van der Waals surface area contributed by atoms with Crippen molar-refractivity contribution in [1.29, 1.82) is 0 Å². The molecule has 0 saturated heterocycles. The molecule has 0 aromatic heterocycles. The second kappa shape index (κ2) is 4.46. The number of rotatable bonds is 2. The van der Waals surface area contributed by atoms with Crippen LogP contribution in [0.3, 0.4) is 0 Å². The Bertz CT molecular complexity index is 385. The maximum atomic E-state index is 12.5. The molecule has 0 spiro atoms. The van der Waals surface area contributed by atoms with E-state index in [9.17, 15) is 26.3 Å². The van der Waals surface area contributed by atoms with Gasteiger partial charge in [-0.1, -0.05) is 24.8 Å². The monoisotopic (exact) mass is 272 g/mol. The molecule has 0 atom stereocenters. The molecule has 0 aliphatic heterocycles. The predicted octanol–water partition coefficient (Wildman–Crippen LogP) is 3.67. The van der Waals surface area contributed by atoms with Gasteiger partial charge in [-0.25, -0.2) is 0 Å². The van der Waals surface area contributed by atoms with Gasteiger partial charge in [-0.05, 0) is 24.0 Å². The summed E-state index contributed by atoms with van der Waals surface area (Å²) in [7, 11) is 0. The molecular formula is C11H10F6O. The fourth-order valence-corrected chi connectivity index (χ4v) is 1.65. The number of hydrogen-bond acceptors (Lipinski definition) is 1. The summed E-state index contributed by atoms with van der Waals surface area (Å²) in [6, 6.07) is 0. The molecule has 0 heterocycles. The highest BCUT2D eigenvalue weighted by Gasteiger charge is 2.71. The average Bonchev–Trinajstić information content (AvgIpc) is 2.25. The third-order valence-corrected chi connectivity index (χ3v) is 2.73. The van der Waals surface area contributed by atoms with Crippen molar-refractivity contribution in [1.82, 2.24) is 0 Å². The van der Waals surface area contributed by atoms with Crippen LogP contribution < -0.4 is 0 Å². The van der Waals surface area contributed by atoms with Gasteiger partial charge in [0.15, 0.2) is 0 Å². The first-order chi connectivity index (χ1) is 8.04. The summed E-state index contributed by atoms with van der Waals surface area (Å²) in [5, 5.41) is 9.09. The van der Waals surface area contributed by atoms with Crippen molar-refractivity contribution in [3.05, 3.63) is 36.0 Å². The Morgan fingerprint density at radius 3 is 1.78 bits per heavy atom. The quantitative estimate of drug-likeness (QED) is 0.760. The lowest BCUT2D eigenvalue weighted by molar-refractivity contribution is -0.352. The fraction of sp³-hybridized carbons (Fsp3) is 0.455. The highest BCUT2D eigenvalue weighted by Crippen LogP contribution is 2.49. The molecule has 1 nitrogen and oxygen atoms in total. The Hall–Kier alpha value is -1.24. The zero-order chi connectivity index (χ0) is 14.2. The molecule has 0 aromatic carbocycles. The number of hydrogen-bond donors (Lipinski definition) is 1. The molecule has 0 unspecified atom stereocenters. The van der Waals surface area contributed by atoms with Gasteiger partial charge in [-0.3, -0.25) is 0 Å². The van der Waals surface area contributed by atoms with E-state index in [1.165, 1.54) is 6.08 Å². The number of aliphatic hydroxyl groups is 1. The predicted molar refractivity (Wildman–Crippen MR) is 52.7 cm³/mol. The van der Waals surface area contributed by atoms with E-state index in [2.05, 4.69) is 6.58 Å². The summed E-state index contributed by atoms with van der Waals surface area (Å²) < 4.78 is 75.1. The van der Waals surface area contributed by atoms with Crippen molar-refractivity contribution < 1.29 is 31.4 Å². The second-order valence-corrected chi connectivity index (χ2v) is 3.84. The smallest absolute Gasteiger partial charge is 0.370 e. The van der Waals surface area contributed by atoms with E-state index in [1.807, 2.05) is 0 Å². The Labute approximate surface area is 99.1 Å². The van der Waals surface area contributed by atoms with E-state index < -0.39 is 29.9 Å². The number of allylic oxidation sites excluding steroid dienone is 4. The van der Waals surface area contributed by atoms with Crippen LogP contribution >= 0.6 is 0 Å². The van der Waals surface area contributed by atoms with Gasteiger partial charge in [0.2, 0.25) is 0 Å². The standard InChI is InChI=1S/C11H10F6O/c1-2-7-3-5-8(6-4-7)9(18,10(12,13)14)11(15,16)17/h2-3,5,18H,1,4,6H2. The third-order valence-electron chi connectivity index (χ3n) is 2.73. The van der Waals surface area contributed by atoms with Crippen LogP contribution in [0, 0.1) is 0 Å². The molecule has 0 radical (unpaired) electrons. The summed E-state index contributed by atoms with van der Waals surface area (Å²) in [6.45, 7) is 3.36. The van der Waals surface area contributed by atoms with Crippen LogP contribution in [0.2, 0.25) is 0 Å². The molecule has 0 bridgehead atoms. The first-order valence-electron chi connectivity index (χ1n) is 4.92. The molecule has 1 aliphatic carbocycles. The highest BCUT2D eigenvalue weighted by molar-refractivity contribution is 5.36. The van der Waals surface area contributed by atoms with Gasteiger partial charge in [-0.2, -0.15) is 26.3 Å². The molecule has 0 aromatic rings. The van der Waals surface area contributed by atoms with Crippen molar-refractivity contribution in [3.8, 4) is 0 Å². The van der Waals surface area contributed by atoms with Gasteiger partial charge >= 0.3 is 12.4 Å². The molecule has 0 amide bonds. The van der Waals surface area contributed by atoms with Crippen molar-refractivity contribution in [2.24, 2.45) is 0 Å². The minimum atomic E-state index is -5.81. The lowest BCUT2D eigenvalue weighted by Gasteiger charge is -2.35. The van der Waals surface area contributed by atoms with Crippen molar-refractivity contribution in [2.75, 3.05) is 0 Å². The zero-order valence-electron chi connectivity index (χ0n) is 9.07. The van der Waals surface area contributed by atoms with Crippen LogP contribution in [0.5, 0.6) is 0 Å². The first kappa shape index (κ1) is 14.8. The molecule has 1 aliphatic rings. The Morgan fingerprint density at radius 1 is 1.00 bits per heavy atom. The molecule has 1 N–H and O–H groups in total. The van der Waals surface area contributed by atoms with E-state index in [0.717, 1.165) is 6.08 Å². The van der Waals surface area contributed by atoms with Crippen molar-refractivity contribution >= 4 is 0 Å². The summed E-state index contributed by atoms with van der Waals surface area (Å²) in [6.07, 6.45) is -9.08. The Morgan fingerprint density at radius 2 is 1.50 bits per heavy atom. The molecule has 7 heteroatoms. The maximum absolute atomic E-state index is 12.5. The lowest BCUT2D eigenvalue weighted by atomic mass is 9.84. The SMILES string of the molecule is C=CC1=CC=C(C(O)(C(F)(F)F)C(F)(F)F)CC1. The van der Waals surface area contributed by atoms with E-state index in [0.29, 0.717) is 11.6 Å². The topological polar surface area (TPSA) is 20.2 Å². The van der Waals surface area contributed by atoms with Gasteiger partial charge in [0.1, 0.15) is 0 Å². The van der Waals surface area contributed by atoms with Gasteiger partial charge in [0.05, 0.1) is 0 Å². The highest BCUT2D eigenvalue weighted by atomic mass is 19.4. The molecular weight excluding hydrogens is 262 g/mol. The molecule has 18 heavy (non-hydrogen) atoms. The largest absolute Gasteiger partial charge is 0.430 e. The molecule has 0 fully saturated rings. The number of halogens is 6. The Balaban J connectivity index is 3.28. The van der Waals surface area contributed by atoms with E-state index >= 15 is 0 Å². The Kier molecular flexibility index (Phi) is 3.67. The lowest BCUT2D eigenvalue weighted by Crippen LogP contribution is -2.58. The summed E-state index contributed by atoms with van der Waals surface area (Å²) in [5.74, 6) is 0. The fourth-order valence-electron chi connectivity index (χ4n) is 1.65. The van der Waals surface area contributed by atoms with E-state index in [1.54, 1.807) is 0 Å². The van der Waals surface area contributed by atoms with Crippen LogP contribution in [-0.2, 0) is 0 Å². The summed E-state index contributed by atoms with van der Waals surface area (Å²) in [4.78, 5) is 0. The minimum Gasteiger partial charge on any atom is -0.370 e. The van der Waals surface area contributed by atoms with Crippen LogP contribution in [0.4, 0.5) is 26.3 Å². The van der Waals surface area contributed by atoms with E-state index in [4.69, 9.17) is 5.11 Å². The maximum Gasteiger partial charge on any atom is 0.430 e. The summed E-state index contributed by atoms with van der Waals surface area (Å²) in [5.41, 5.74) is -5.37. The van der Waals surface area contributed by atoms with Gasteiger partial charge in [0.25, 0.3) is 5.60 Å². The zero-order valence-corrected chi connectivity index (χ0v) is 9.07. The molecule has 0 saturated carbocycles. The first-order valence-corrected chi connectivity index (χ1v) is 4.92. The van der Waals surface area contributed by atoms with Crippen molar-refractivity contribution in [2.45, 2.75) is 30.8 Å². The van der Waals surface area contributed by atoms with Crippen LogP contribution in [0.25, 0.3) is 0 Å². The minimum absolute atomic E-state index is 0.0240. The van der Waals surface area contributed by atoms with Crippen LogP contribution in [-0.4, -0.2) is 23.1 Å². The van der Waals surface area contributed by atoms with Crippen molar-refractivity contribution in [3.63, 3.8) is 0 Å². The van der Waals surface area contributed by atoms with Crippen LogP contribution in [0.1, 0.15) is 12.8 Å². The average molecular weight is 272 g/mol. The van der Waals surface area contributed by atoms with Gasteiger partial charge in [-0.15, -0.1) is 0 Å². The molecule has 1 rings (SSSR count). The number of alkyl halides is 6. The normalized spacial score (nSPS) is 18.2. The third kappa shape index (κ3) is 2.31. The van der Waals surface area contributed by atoms with Gasteiger partial charge < -0.3 is 5.11 Å². The molecule has 102 valence electrons. The van der Waals surface area contributed by atoms with Gasteiger partial charge in [0, 0.05) is 0 Å². The van der Waals surface area contributed by atoms with Crippen LogP contribution in [0.15, 0.2) is 36.0 Å². The second-order valence-electron chi connectivity index (χ2n) is 3.84. The van der Waals surface area contributed by atoms with E-state index in [-0.39, 0.29) is 6.42 Å². The summed E-state index contributed by atoms with van der Waals surface area (Å²) >= 11 is 0.